The normalized spacial score (nSPS) is 17.7. The monoisotopic (exact) mass is 227 g/mol. The number of aromatic nitrogens is 3. The van der Waals surface area contributed by atoms with Crippen molar-refractivity contribution in [2.45, 2.75) is 18.9 Å². The first-order valence-corrected chi connectivity index (χ1v) is 5.43. The molecule has 0 aliphatic carbocycles. The summed E-state index contributed by atoms with van der Waals surface area (Å²) in [5, 5.41) is 3.58. The van der Waals surface area contributed by atoms with E-state index in [1.165, 1.54) is 6.33 Å². The Labute approximate surface area is 93.9 Å². The van der Waals surface area contributed by atoms with E-state index < -0.39 is 0 Å². The molecule has 1 saturated heterocycles. The molecule has 0 radical (unpaired) electrons. The van der Waals surface area contributed by atoms with Gasteiger partial charge in [0.05, 0.1) is 0 Å². The first kappa shape index (κ1) is 10.6. The van der Waals surface area contributed by atoms with E-state index >= 15 is 0 Å². The molecule has 6 heteroatoms. The summed E-state index contributed by atoms with van der Waals surface area (Å²) in [6, 6.07) is 0.490. The van der Waals surface area contributed by atoms with Crippen molar-refractivity contribution in [3.63, 3.8) is 0 Å². The largest absolute Gasteiger partial charge is 0.341 e. The maximum Gasteiger partial charge on any atom is 0.229 e. The number of halogens is 1. The zero-order chi connectivity index (χ0) is 10.7. The molecule has 1 N–H and O–H groups in total. The predicted molar refractivity (Wildman–Crippen MR) is 59.1 cm³/mol. The second kappa shape index (κ2) is 4.72. The second-order valence-corrected chi connectivity index (χ2v) is 3.98. The number of anilines is 1. The summed E-state index contributed by atoms with van der Waals surface area (Å²) in [5.74, 6) is 0.655. The molecule has 0 spiro atoms. The van der Waals surface area contributed by atoms with E-state index in [0.29, 0.717) is 12.0 Å². The zero-order valence-corrected chi connectivity index (χ0v) is 9.41. The number of piperidine rings is 1. The smallest absolute Gasteiger partial charge is 0.229 e. The van der Waals surface area contributed by atoms with Crippen LogP contribution >= 0.6 is 11.6 Å². The molecule has 15 heavy (non-hydrogen) atoms. The number of hydrogen-bond acceptors (Lipinski definition) is 5. The Morgan fingerprint density at radius 3 is 2.80 bits per heavy atom. The molecule has 5 nitrogen and oxygen atoms in total. The van der Waals surface area contributed by atoms with E-state index in [-0.39, 0.29) is 5.28 Å². The highest BCUT2D eigenvalue weighted by Crippen LogP contribution is 2.16. The molecule has 0 aromatic carbocycles. The molecule has 1 aliphatic rings. The standard InChI is InChI=1S/C9H14ClN5/c1-15(7-2-4-11-5-3-7)9-13-6-12-8(10)14-9/h6-7,11H,2-5H2,1H3. The highest BCUT2D eigenvalue weighted by atomic mass is 35.5. The number of hydrogen-bond donors (Lipinski definition) is 1. The summed E-state index contributed by atoms with van der Waals surface area (Å²) in [4.78, 5) is 14.1. The molecule has 1 aliphatic heterocycles. The van der Waals surface area contributed by atoms with Gasteiger partial charge in [0.25, 0.3) is 0 Å². The second-order valence-electron chi connectivity index (χ2n) is 3.65. The van der Waals surface area contributed by atoms with Crippen LogP contribution in [0.25, 0.3) is 0 Å². The molecule has 0 amide bonds. The van der Waals surface area contributed by atoms with Crippen LogP contribution in [0.3, 0.4) is 0 Å². The Bertz CT molecular complexity index is 326. The van der Waals surface area contributed by atoms with Crippen LogP contribution in [0, 0.1) is 0 Å². The van der Waals surface area contributed by atoms with Crippen LogP contribution < -0.4 is 10.2 Å². The Hall–Kier alpha value is -0.940. The Kier molecular flexibility index (Phi) is 3.33. The van der Waals surface area contributed by atoms with Gasteiger partial charge >= 0.3 is 0 Å². The van der Waals surface area contributed by atoms with Gasteiger partial charge in [0.2, 0.25) is 11.2 Å². The van der Waals surface area contributed by atoms with Gasteiger partial charge in [0.15, 0.2) is 0 Å². The Morgan fingerprint density at radius 1 is 1.40 bits per heavy atom. The number of nitrogens with one attached hydrogen (secondary N) is 1. The zero-order valence-electron chi connectivity index (χ0n) is 8.65. The van der Waals surface area contributed by atoms with E-state index in [4.69, 9.17) is 11.6 Å². The maximum absolute atomic E-state index is 5.73. The van der Waals surface area contributed by atoms with Crippen molar-refractivity contribution in [3.05, 3.63) is 11.6 Å². The number of nitrogens with zero attached hydrogens (tertiary/aromatic N) is 4. The quantitative estimate of drug-likeness (QED) is 0.807. The van der Waals surface area contributed by atoms with Gasteiger partial charge in [0.1, 0.15) is 6.33 Å². The van der Waals surface area contributed by atoms with E-state index in [0.717, 1.165) is 25.9 Å². The van der Waals surface area contributed by atoms with Gasteiger partial charge in [-0.15, -0.1) is 0 Å². The van der Waals surface area contributed by atoms with E-state index in [2.05, 4.69) is 25.2 Å². The highest BCUT2D eigenvalue weighted by molar-refractivity contribution is 6.28. The fourth-order valence-electron chi connectivity index (χ4n) is 1.80. The van der Waals surface area contributed by atoms with Gasteiger partial charge in [-0.05, 0) is 37.5 Å². The van der Waals surface area contributed by atoms with Crippen LogP contribution in [-0.4, -0.2) is 41.1 Å². The molecule has 1 aromatic heterocycles. The summed E-state index contributed by atoms with van der Waals surface area (Å²) in [6.45, 7) is 2.10. The molecule has 2 rings (SSSR count). The third-order valence-electron chi connectivity index (χ3n) is 2.70. The average molecular weight is 228 g/mol. The van der Waals surface area contributed by atoms with Gasteiger partial charge in [-0.1, -0.05) is 0 Å². The van der Waals surface area contributed by atoms with E-state index in [1.54, 1.807) is 0 Å². The van der Waals surface area contributed by atoms with Crippen molar-refractivity contribution in [3.8, 4) is 0 Å². The van der Waals surface area contributed by atoms with Crippen LogP contribution in [-0.2, 0) is 0 Å². The number of rotatable bonds is 2. The van der Waals surface area contributed by atoms with Crippen LogP contribution in [0.15, 0.2) is 6.33 Å². The van der Waals surface area contributed by atoms with Gasteiger partial charge < -0.3 is 10.2 Å². The minimum atomic E-state index is 0.251. The first-order chi connectivity index (χ1) is 7.27. The molecule has 0 saturated carbocycles. The SMILES string of the molecule is CN(c1ncnc(Cl)n1)C1CCNCC1. The minimum Gasteiger partial charge on any atom is -0.341 e. The molecule has 1 aromatic rings. The van der Waals surface area contributed by atoms with Crippen LogP contribution in [0.1, 0.15) is 12.8 Å². The van der Waals surface area contributed by atoms with Crippen molar-refractivity contribution in [2.75, 3.05) is 25.0 Å². The van der Waals surface area contributed by atoms with Crippen LogP contribution in [0.4, 0.5) is 5.95 Å². The summed E-state index contributed by atoms with van der Waals surface area (Å²) < 4.78 is 0. The highest BCUT2D eigenvalue weighted by Gasteiger charge is 2.19. The molecular formula is C9H14ClN5. The minimum absolute atomic E-state index is 0.251. The molecule has 2 heterocycles. The molecule has 0 unspecified atom stereocenters. The van der Waals surface area contributed by atoms with Crippen molar-refractivity contribution >= 4 is 17.5 Å². The summed E-state index contributed by atoms with van der Waals surface area (Å²) >= 11 is 5.73. The molecule has 0 bridgehead atoms. The van der Waals surface area contributed by atoms with Gasteiger partial charge in [-0.25, -0.2) is 9.97 Å². The molecule has 82 valence electrons. The van der Waals surface area contributed by atoms with E-state index in [9.17, 15) is 0 Å². The fourth-order valence-corrected chi connectivity index (χ4v) is 1.91. The van der Waals surface area contributed by atoms with Gasteiger partial charge in [-0.2, -0.15) is 4.98 Å². The Morgan fingerprint density at radius 2 is 2.13 bits per heavy atom. The third-order valence-corrected chi connectivity index (χ3v) is 2.88. The molecule has 1 fully saturated rings. The van der Waals surface area contributed by atoms with Crippen molar-refractivity contribution in [1.82, 2.24) is 20.3 Å². The van der Waals surface area contributed by atoms with Crippen LogP contribution in [0.2, 0.25) is 5.28 Å². The lowest BCUT2D eigenvalue weighted by Gasteiger charge is -2.31. The average Bonchev–Trinajstić information content (AvgIpc) is 2.29. The third kappa shape index (κ3) is 2.54. The topological polar surface area (TPSA) is 53.9 Å². The van der Waals surface area contributed by atoms with Gasteiger partial charge in [-0.3, -0.25) is 0 Å². The van der Waals surface area contributed by atoms with Crippen molar-refractivity contribution in [1.29, 1.82) is 0 Å². The lowest BCUT2D eigenvalue weighted by molar-refractivity contribution is 0.439. The fraction of sp³-hybridized carbons (Fsp3) is 0.667. The van der Waals surface area contributed by atoms with Crippen molar-refractivity contribution in [2.24, 2.45) is 0 Å². The summed E-state index contributed by atoms with van der Waals surface area (Å²) in [7, 11) is 2.00. The molecular weight excluding hydrogens is 214 g/mol. The maximum atomic E-state index is 5.73. The lowest BCUT2D eigenvalue weighted by Crippen LogP contribution is -2.41. The summed E-state index contributed by atoms with van der Waals surface area (Å²) in [6.07, 6.45) is 3.67. The molecule has 0 atom stereocenters. The Balaban J connectivity index is 2.08. The van der Waals surface area contributed by atoms with Crippen molar-refractivity contribution < 1.29 is 0 Å². The lowest BCUT2D eigenvalue weighted by atomic mass is 10.1. The van der Waals surface area contributed by atoms with Gasteiger partial charge in [0, 0.05) is 13.1 Å². The predicted octanol–water partition coefficient (Wildman–Crippen LogP) is 0.713. The van der Waals surface area contributed by atoms with Crippen LogP contribution in [0.5, 0.6) is 0 Å². The van der Waals surface area contributed by atoms with E-state index in [1.807, 2.05) is 7.05 Å². The summed E-state index contributed by atoms with van der Waals surface area (Å²) in [5.41, 5.74) is 0. The first-order valence-electron chi connectivity index (χ1n) is 5.05.